The molecule has 5 rings (SSSR count). The molecule has 1 fully saturated rings. The first-order chi connectivity index (χ1) is 15.3. The van der Waals surface area contributed by atoms with Crippen LogP contribution in [0.2, 0.25) is 0 Å². The Bertz CT molecular complexity index is 986. The van der Waals surface area contributed by atoms with E-state index < -0.39 is 0 Å². The summed E-state index contributed by atoms with van der Waals surface area (Å²) in [5.41, 5.74) is 2.02. The van der Waals surface area contributed by atoms with Gasteiger partial charge in [0.05, 0.1) is 32.5 Å². The largest absolute Gasteiger partial charge is 0.490 e. The number of nitrogens with zero attached hydrogens (tertiary/aromatic N) is 1. The number of ether oxygens (including phenoxy) is 4. The van der Waals surface area contributed by atoms with Gasteiger partial charge in [-0.15, -0.1) is 0 Å². The molecular formula is C25H27NO5. The normalized spacial score (nSPS) is 20.4. The average Bonchev–Trinajstić information content (AvgIpc) is 3.01. The first-order valence-electron chi connectivity index (χ1n) is 11.1. The van der Waals surface area contributed by atoms with Crippen LogP contribution < -0.4 is 18.9 Å². The Morgan fingerprint density at radius 2 is 1.45 bits per heavy atom. The van der Waals surface area contributed by atoms with Crippen LogP contribution in [0.3, 0.4) is 0 Å². The van der Waals surface area contributed by atoms with Gasteiger partial charge in [-0.1, -0.05) is 12.1 Å². The third-order valence-electron chi connectivity index (χ3n) is 5.88. The van der Waals surface area contributed by atoms with E-state index in [0.717, 1.165) is 66.4 Å². The number of carbonyl (C=O) groups excluding carboxylic acids is 1. The van der Waals surface area contributed by atoms with E-state index in [1.807, 2.05) is 41.3 Å². The van der Waals surface area contributed by atoms with Crippen LogP contribution in [0.1, 0.15) is 42.9 Å². The summed E-state index contributed by atoms with van der Waals surface area (Å²) in [5, 5.41) is 0. The summed E-state index contributed by atoms with van der Waals surface area (Å²) in [4.78, 5) is 15.0. The van der Waals surface area contributed by atoms with E-state index in [9.17, 15) is 4.79 Å². The van der Waals surface area contributed by atoms with Crippen molar-refractivity contribution in [1.29, 1.82) is 0 Å². The standard InChI is InChI=1S/C25H27NO5/c27-25(10-6-18-5-8-21-23(16-18)30-14-2-12-28-21)26-11-1-4-20(26)19-7-9-22-24(17-19)31-15-3-13-29-22/h5-10,16-17,20H,1-4,11-15H2/b10-6+/t20-/m1/s1. The number of rotatable bonds is 3. The van der Waals surface area contributed by atoms with Crippen LogP contribution in [0.5, 0.6) is 23.0 Å². The lowest BCUT2D eigenvalue weighted by molar-refractivity contribution is -0.126. The minimum Gasteiger partial charge on any atom is -0.490 e. The molecule has 2 aromatic rings. The maximum atomic E-state index is 13.0. The molecule has 2 aromatic carbocycles. The lowest BCUT2D eigenvalue weighted by Crippen LogP contribution is -2.28. The van der Waals surface area contributed by atoms with Crippen molar-refractivity contribution < 1.29 is 23.7 Å². The molecule has 1 amide bonds. The summed E-state index contributed by atoms with van der Waals surface area (Å²) in [6, 6.07) is 11.9. The average molecular weight is 421 g/mol. The number of amides is 1. The van der Waals surface area contributed by atoms with Gasteiger partial charge in [-0.05, 0) is 54.3 Å². The molecule has 31 heavy (non-hydrogen) atoms. The zero-order chi connectivity index (χ0) is 21.0. The molecule has 3 aliphatic rings. The summed E-state index contributed by atoms with van der Waals surface area (Å²) < 4.78 is 23.0. The van der Waals surface area contributed by atoms with Gasteiger partial charge in [-0.2, -0.15) is 0 Å². The van der Waals surface area contributed by atoms with E-state index in [1.54, 1.807) is 6.08 Å². The lowest BCUT2D eigenvalue weighted by Gasteiger charge is -2.24. The third-order valence-corrected chi connectivity index (χ3v) is 5.88. The van der Waals surface area contributed by atoms with Crippen molar-refractivity contribution in [2.75, 3.05) is 33.0 Å². The topological polar surface area (TPSA) is 57.2 Å². The van der Waals surface area contributed by atoms with Crippen LogP contribution >= 0.6 is 0 Å². The highest BCUT2D eigenvalue weighted by Crippen LogP contribution is 2.38. The highest BCUT2D eigenvalue weighted by Gasteiger charge is 2.29. The summed E-state index contributed by atoms with van der Waals surface area (Å²) in [5.74, 6) is 3.07. The second-order valence-corrected chi connectivity index (χ2v) is 8.04. The van der Waals surface area contributed by atoms with Gasteiger partial charge in [0.25, 0.3) is 0 Å². The number of hydrogen-bond donors (Lipinski definition) is 0. The van der Waals surface area contributed by atoms with Crippen LogP contribution in [0.4, 0.5) is 0 Å². The number of carbonyl (C=O) groups is 1. The van der Waals surface area contributed by atoms with Gasteiger partial charge in [0.1, 0.15) is 0 Å². The van der Waals surface area contributed by atoms with Crippen LogP contribution in [0.15, 0.2) is 42.5 Å². The lowest BCUT2D eigenvalue weighted by atomic mass is 10.0. The van der Waals surface area contributed by atoms with Crippen molar-refractivity contribution in [2.45, 2.75) is 31.7 Å². The van der Waals surface area contributed by atoms with Crippen molar-refractivity contribution in [3.63, 3.8) is 0 Å². The Labute approximate surface area is 182 Å². The van der Waals surface area contributed by atoms with E-state index in [-0.39, 0.29) is 11.9 Å². The van der Waals surface area contributed by atoms with E-state index >= 15 is 0 Å². The molecule has 0 saturated carbocycles. The summed E-state index contributed by atoms with van der Waals surface area (Å²) in [6.07, 6.45) is 7.18. The van der Waals surface area contributed by atoms with Gasteiger partial charge >= 0.3 is 0 Å². The van der Waals surface area contributed by atoms with Crippen LogP contribution in [-0.2, 0) is 4.79 Å². The molecule has 6 nitrogen and oxygen atoms in total. The zero-order valence-corrected chi connectivity index (χ0v) is 17.5. The second-order valence-electron chi connectivity index (χ2n) is 8.04. The monoisotopic (exact) mass is 421 g/mol. The Balaban J connectivity index is 1.31. The molecule has 3 heterocycles. The molecule has 0 radical (unpaired) electrons. The van der Waals surface area contributed by atoms with Crippen molar-refractivity contribution in [1.82, 2.24) is 4.90 Å². The highest BCUT2D eigenvalue weighted by atomic mass is 16.5. The Morgan fingerprint density at radius 1 is 0.806 bits per heavy atom. The summed E-state index contributed by atoms with van der Waals surface area (Å²) >= 11 is 0. The van der Waals surface area contributed by atoms with Gasteiger partial charge in [-0.25, -0.2) is 0 Å². The minimum atomic E-state index is 0.0155. The zero-order valence-electron chi connectivity index (χ0n) is 17.5. The van der Waals surface area contributed by atoms with E-state index in [4.69, 9.17) is 18.9 Å². The number of hydrogen-bond acceptors (Lipinski definition) is 5. The van der Waals surface area contributed by atoms with Crippen LogP contribution in [0.25, 0.3) is 6.08 Å². The van der Waals surface area contributed by atoms with E-state index in [0.29, 0.717) is 26.4 Å². The van der Waals surface area contributed by atoms with Crippen LogP contribution in [0, 0.1) is 0 Å². The Hall–Kier alpha value is -3.15. The Morgan fingerprint density at radius 3 is 2.19 bits per heavy atom. The van der Waals surface area contributed by atoms with Crippen molar-refractivity contribution in [3.8, 4) is 23.0 Å². The van der Waals surface area contributed by atoms with Crippen LogP contribution in [-0.4, -0.2) is 43.8 Å². The predicted octanol–water partition coefficient (Wildman–Crippen LogP) is 4.39. The highest BCUT2D eigenvalue weighted by molar-refractivity contribution is 5.92. The van der Waals surface area contributed by atoms with Crippen molar-refractivity contribution >= 4 is 12.0 Å². The molecule has 0 unspecified atom stereocenters. The number of benzene rings is 2. The fourth-order valence-electron chi connectivity index (χ4n) is 4.31. The molecule has 6 heteroatoms. The molecule has 0 spiro atoms. The van der Waals surface area contributed by atoms with Gasteiger partial charge in [0, 0.05) is 25.5 Å². The molecule has 0 aliphatic carbocycles. The molecule has 162 valence electrons. The smallest absolute Gasteiger partial charge is 0.247 e. The fraction of sp³-hybridized carbons (Fsp3) is 0.400. The first kappa shape index (κ1) is 19.8. The quantitative estimate of drug-likeness (QED) is 0.688. The molecule has 1 atom stereocenters. The molecule has 3 aliphatic heterocycles. The maximum absolute atomic E-state index is 13.0. The number of likely N-dealkylation sites (tertiary alicyclic amines) is 1. The van der Waals surface area contributed by atoms with Crippen molar-refractivity contribution in [2.24, 2.45) is 0 Å². The van der Waals surface area contributed by atoms with E-state index in [1.165, 1.54) is 0 Å². The molecule has 0 aromatic heterocycles. The molecule has 0 N–H and O–H groups in total. The Kier molecular flexibility index (Phi) is 5.69. The van der Waals surface area contributed by atoms with Gasteiger partial charge in [0.2, 0.25) is 5.91 Å². The minimum absolute atomic E-state index is 0.0155. The molecular weight excluding hydrogens is 394 g/mol. The van der Waals surface area contributed by atoms with Gasteiger partial charge < -0.3 is 23.8 Å². The predicted molar refractivity (Wildman–Crippen MR) is 117 cm³/mol. The third kappa shape index (κ3) is 4.33. The SMILES string of the molecule is O=C(/C=C/c1ccc2c(c1)OCCCO2)N1CCC[C@@H]1c1ccc2c(c1)OCCCO2. The first-order valence-corrected chi connectivity index (χ1v) is 11.1. The summed E-state index contributed by atoms with van der Waals surface area (Å²) in [6.45, 7) is 3.39. The second kappa shape index (κ2) is 8.92. The molecule has 1 saturated heterocycles. The van der Waals surface area contributed by atoms with Gasteiger partial charge in [-0.3, -0.25) is 4.79 Å². The number of fused-ring (bicyclic) bond motifs is 2. The maximum Gasteiger partial charge on any atom is 0.247 e. The summed E-state index contributed by atoms with van der Waals surface area (Å²) in [7, 11) is 0. The molecule has 0 bridgehead atoms. The van der Waals surface area contributed by atoms with E-state index in [2.05, 4.69) is 6.07 Å². The van der Waals surface area contributed by atoms with Gasteiger partial charge in [0.15, 0.2) is 23.0 Å². The fourth-order valence-corrected chi connectivity index (χ4v) is 4.31. The van der Waals surface area contributed by atoms with Crippen molar-refractivity contribution in [3.05, 3.63) is 53.6 Å².